The number of rotatable bonds is 3. The van der Waals surface area contributed by atoms with Crippen LogP contribution in [0.5, 0.6) is 0 Å². The monoisotopic (exact) mass is 327 g/mol. The van der Waals surface area contributed by atoms with Crippen molar-refractivity contribution in [1.29, 1.82) is 0 Å². The van der Waals surface area contributed by atoms with Crippen LogP contribution in [0.15, 0.2) is 18.2 Å². The Bertz CT molecular complexity index is 622. The molecule has 0 amide bonds. The fourth-order valence-electron chi connectivity index (χ4n) is 4.33. The molecule has 0 atom stereocenters. The maximum atomic E-state index is 10.3. The van der Waals surface area contributed by atoms with Crippen molar-refractivity contribution in [3.8, 4) is 0 Å². The third-order valence-corrected chi connectivity index (χ3v) is 6.08. The summed E-state index contributed by atoms with van der Waals surface area (Å²) in [4.78, 5) is 9.87. The van der Waals surface area contributed by atoms with Gasteiger partial charge in [-0.15, -0.1) is 0 Å². The molecule has 4 heteroatoms. The zero-order chi connectivity index (χ0) is 16.7. The lowest BCUT2D eigenvalue weighted by molar-refractivity contribution is -0.00151. The van der Waals surface area contributed by atoms with Crippen molar-refractivity contribution in [2.75, 3.05) is 29.4 Å². The molecule has 130 valence electrons. The van der Waals surface area contributed by atoms with E-state index in [2.05, 4.69) is 34.1 Å². The van der Waals surface area contributed by atoms with Gasteiger partial charge in [0, 0.05) is 31.2 Å². The van der Waals surface area contributed by atoms with Gasteiger partial charge in [-0.25, -0.2) is 4.98 Å². The highest BCUT2D eigenvalue weighted by Crippen LogP contribution is 2.38. The van der Waals surface area contributed by atoms with Crippen molar-refractivity contribution in [1.82, 2.24) is 4.98 Å². The van der Waals surface area contributed by atoms with E-state index in [0.717, 1.165) is 57.0 Å². The molecule has 1 aromatic rings. The van der Waals surface area contributed by atoms with Crippen LogP contribution < -0.4 is 9.80 Å². The first-order valence-electron chi connectivity index (χ1n) is 9.44. The summed E-state index contributed by atoms with van der Waals surface area (Å²) in [5, 5.41) is 10.3. The lowest BCUT2D eigenvalue weighted by Crippen LogP contribution is -2.44. The fraction of sp³-hybridized carbons (Fsp3) is 0.650. The van der Waals surface area contributed by atoms with Crippen LogP contribution in [0.3, 0.4) is 0 Å². The lowest BCUT2D eigenvalue weighted by Gasteiger charge is -2.42. The number of aliphatic hydroxyl groups is 1. The molecule has 2 aliphatic heterocycles. The molecular formula is C20H29N3O. The van der Waals surface area contributed by atoms with E-state index < -0.39 is 5.60 Å². The quantitative estimate of drug-likeness (QED) is 0.923. The van der Waals surface area contributed by atoms with Crippen molar-refractivity contribution in [2.45, 2.75) is 57.6 Å². The summed E-state index contributed by atoms with van der Waals surface area (Å²) < 4.78 is 0. The van der Waals surface area contributed by atoms with Gasteiger partial charge in [0.05, 0.1) is 5.60 Å². The van der Waals surface area contributed by atoms with Gasteiger partial charge in [0.2, 0.25) is 0 Å². The van der Waals surface area contributed by atoms with E-state index in [1.165, 1.54) is 12.0 Å². The summed E-state index contributed by atoms with van der Waals surface area (Å²) in [5.41, 5.74) is 0.697. The average molecular weight is 327 g/mol. The molecule has 4 rings (SSSR count). The minimum absolute atomic E-state index is 0.425. The average Bonchev–Trinajstić information content (AvgIpc) is 2.52. The van der Waals surface area contributed by atoms with E-state index in [4.69, 9.17) is 4.98 Å². The van der Waals surface area contributed by atoms with Gasteiger partial charge in [0.1, 0.15) is 11.6 Å². The fourth-order valence-corrected chi connectivity index (χ4v) is 4.33. The Morgan fingerprint density at radius 1 is 1.12 bits per heavy atom. The number of nitrogens with zero attached hydrogens (tertiary/aromatic N) is 3. The molecule has 4 nitrogen and oxygen atoms in total. The van der Waals surface area contributed by atoms with Crippen LogP contribution in [0.1, 0.15) is 51.5 Å². The summed E-state index contributed by atoms with van der Waals surface area (Å²) in [5.74, 6) is 2.72. The Labute approximate surface area is 145 Å². The van der Waals surface area contributed by atoms with Crippen LogP contribution in [-0.2, 0) is 0 Å². The van der Waals surface area contributed by atoms with Crippen molar-refractivity contribution in [3.05, 3.63) is 23.8 Å². The Kier molecular flexibility index (Phi) is 4.03. The summed E-state index contributed by atoms with van der Waals surface area (Å²) in [6.07, 6.45) is 10.3. The van der Waals surface area contributed by atoms with Gasteiger partial charge in [0.25, 0.3) is 0 Å². The molecule has 1 saturated carbocycles. The van der Waals surface area contributed by atoms with Crippen LogP contribution in [0.2, 0.25) is 0 Å². The normalized spacial score (nSPS) is 27.0. The third kappa shape index (κ3) is 2.92. The molecule has 0 bridgehead atoms. The number of anilines is 2. The summed E-state index contributed by atoms with van der Waals surface area (Å²) in [7, 11) is 0. The van der Waals surface area contributed by atoms with Crippen LogP contribution in [-0.4, -0.2) is 41.4 Å². The highest BCUT2D eigenvalue weighted by atomic mass is 16.3. The van der Waals surface area contributed by atoms with Gasteiger partial charge in [-0.1, -0.05) is 12.2 Å². The van der Waals surface area contributed by atoms with Gasteiger partial charge >= 0.3 is 0 Å². The molecule has 0 unspecified atom stereocenters. The van der Waals surface area contributed by atoms with Crippen LogP contribution in [0.4, 0.5) is 11.6 Å². The molecule has 24 heavy (non-hydrogen) atoms. The van der Waals surface area contributed by atoms with Crippen molar-refractivity contribution < 1.29 is 5.11 Å². The van der Waals surface area contributed by atoms with Crippen molar-refractivity contribution in [2.24, 2.45) is 5.92 Å². The van der Waals surface area contributed by atoms with E-state index in [1.807, 2.05) is 13.8 Å². The number of fused-ring (bicyclic) bond motifs is 1. The van der Waals surface area contributed by atoms with Gasteiger partial charge in [0.15, 0.2) is 0 Å². The number of aromatic nitrogens is 1. The zero-order valence-electron chi connectivity index (χ0n) is 14.9. The molecule has 3 aliphatic rings. The topological polar surface area (TPSA) is 39.6 Å². The standard InChI is InChI=1S/C20H29N3O/c1-20(2,24)16-7-9-17(10-8-16)23-14-3-5-15-6-11-18(21-19(15)23)22-12-4-13-22/h3,5-6,11,16-17,24H,4,7-10,12-14H2,1-2H3. The van der Waals surface area contributed by atoms with E-state index in [0.29, 0.717) is 12.0 Å². The Morgan fingerprint density at radius 2 is 1.88 bits per heavy atom. The first kappa shape index (κ1) is 15.9. The number of hydrogen-bond acceptors (Lipinski definition) is 4. The summed E-state index contributed by atoms with van der Waals surface area (Å²) in [6, 6.07) is 4.93. The predicted octanol–water partition coefficient (Wildman–Crippen LogP) is 3.45. The molecule has 1 aromatic heterocycles. The minimum atomic E-state index is -0.548. The molecule has 1 aliphatic carbocycles. The molecule has 1 N–H and O–H groups in total. The minimum Gasteiger partial charge on any atom is -0.390 e. The number of pyridine rings is 1. The Morgan fingerprint density at radius 3 is 2.50 bits per heavy atom. The molecule has 1 saturated heterocycles. The van der Waals surface area contributed by atoms with Crippen LogP contribution in [0.25, 0.3) is 6.08 Å². The lowest BCUT2D eigenvalue weighted by atomic mass is 9.76. The van der Waals surface area contributed by atoms with Crippen LogP contribution in [0, 0.1) is 5.92 Å². The highest BCUT2D eigenvalue weighted by molar-refractivity contribution is 5.70. The van der Waals surface area contributed by atoms with Crippen molar-refractivity contribution >= 4 is 17.7 Å². The molecule has 0 radical (unpaired) electrons. The van der Waals surface area contributed by atoms with Crippen molar-refractivity contribution in [3.63, 3.8) is 0 Å². The van der Waals surface area contributed by atoms with Gasteiger partial charge < -0.3 is 14.9 Å². The van der Waals surface area contributed by atoms with Crippen LogP contribution >= 0.6 is 0 Å². The second-order valence-corrected chi connectivity index (χ2v) is 8.14. The van der Waals surface area contributed by atoms with Gasteiger partial charge in [-0.05, 0) is 64.0 Å². The zero-order valence-corrected chi connectivity index (χ0v) is 14.9. The maximum Gasteiger partial charge on any atom is 0.138 e. The van der Waals surface area contributed by atoms with E-state index in [-0.39, 0.29) is 0 Å². The molecule has 3 heterocycles. The summed E-state index contributed by atoms with van der Waals surface area (Å²) in [6.45, 7) is 7.15. The SMILES string of the molecule is CC(C)(O)C1CCC(N2CC=Cc3ccc(N4CCC4)nc32)CC1. The largest absolute Gasteiger partial charge is 0.390 e. The Balaban J connectivity index is 1.52. The molecule has 0 aromatic carbocycles. The second-order valence-electron chi connectivity index (χ2n) is 8.14. The maximum absolute atomic E-state index is 10.3. The smallest absolute Gasteiger partial charge is 0.138 e. The molecule has 0 spiro atoms. The summed E-state index contributed by atoms with van der Waals surface area (Å²) >= 11 is 0. The second kappa shape index (κ2) is 6.07. The molecule has 2 fully saturated rings. The van der Waals surface area contributed by atoms with E-state index >= 15 is 0 Å². The first-order chi connectivity index (χ1) is 11.5. The van der Waals surface area contributed by atoms with Gasteiger partial charge in [-0.3, -0.25) is 0 Å². The highest BCUT2D eigenvalue weighted by Gasteiger charge is 2.34. The van der Waals surface area contributed by atoms with Gasteiger partial charge in [-0.2, -0.15) is 0 Å². The Hall–Kier alpha value is -1.55. The number of hydrogen-bond donors (Lipinski definition) is 1. The third-order valence-electron chi connectivity index (χ3n) is 6.08. The van der Waals surface area contributed by atoms with E-state index in [9.17, 15) is 5.11 Å². The predicted molar refractivity (Wildman–Crippen MR) is 99.5 cm³/mol. The molecular weight excluding hydrogens is 298 g/mol. The first-order valence-corrected chi connectivity index (χ1v) is 9.44. The van der Waals surface area contributed by atoms with E-state index in [1.54, 1.807) is 0 Å².